The molecule has 7 heteroatoms. The van der Waals surface area contributed by atoms with E-state index in [-0.39, 0.29) is 5.56 Å². The van der Waals surface area contributed by atoms with Gasteiger partial charge in [0.25, 0.3) is 5.91 Å². The quantitative estimate of drug-likeness (QED) is 0.380. The number of benzene rings is 3. The number of anilines is 1. The number of aromatic nitrogens is 2. The number of nitrogens with zero attached hydrogens (tertiary/aromatic N) is 2. The van der Waals surface area contributed by atoms with Crippen LogP contribution in [0.1, 0.15) is 28.4 Å². The number of para-hydroxylation sites is 2. The van der Waals surface area contributed by atoms with E-state index in [0.29, 0.717) is 11.3 Å². The lowest BCUT2D eigenvalue weighted by Gasteiger charge is -2.13. The molecule has 0 radical (unpaired) electrons. The molecule has 1 N–H and O–H groups in total. The molecule has 1 heterocycles. The Kier molecular flexibility index (Phi) is 6.82. The topological polar surface area (TPSA) is 73.2 Å². The molecule has 0 aliphatic carbocycles. The molecule has 0 saturated carbocycles. The van der Waals surface area contributed by atoms with Crippen molar-refractivity contribution in [3.05, 3.63) is 102 Å². The van der Waals surface area contributed by atoms with Gasteiger partial charge < -0.3 is 10.1 Å². The Labute approximate surface area is 197 Å². The SMILES string of the molecule is CCc1cccc(C)c1NC(=O)COC(=O)c1cn(-c2ccccc2)nc1-c1ccc(F)cc1. The predicted octanol–water partition coefficient (Wildman–Crippen LogP) is 5.34. The van der Waals surface area contributed by atoms with Crippen molar-refractivity contribution in [3.63, 3.8) is 0 Å². The Hall–Kier alpha value is -4.26. The highest BCUT2D eigenvalue weighted by Crippen LogP contribution is 2.25. The normalized spacial score (nSPS) is 10.7. The van der Waals surface area contributed by atoms with Crippen LogP contribution in [0.5, 0.6) is 0 Å². The summed E-state index contributed by atoms with van der Waals surface area (Å²) in [6.45, 7) is 3.47. The number of carbonyl (C=O) groups is 2. The molecular weight excluding hydrogens is 433 g/mol. The maximum Gasteiger partial charge on any atom is 0.342 e. The Morgan fingerprint density at radius 3 is 2.44 bits per heavy atom. The second-order valence-electron chi connectivity index (χ2n) is 7.77. The van der Waals surface area contributed by atoms with Crippen molar-refractivity contribution in [1.29, 1.82) is 0 Å². The molecular formula is C27H24FN3O3. The smallest absolute Gasteiger partial charge is 0.342 e. The first-order valence-corrected chi connectivity index (χ1v) is 10.9. The van der Waals surface area contributed by atoms with Crippen molar-refractivity contribution in [2.75, 3.05) is 11.9 Å². The Morgan fingerprint density at radius 1 is 1.00 bits per heavy atom. The number of aryl methyl sites for hydroxylation is 2. The number of hydrogen-bond donors (Lipinski definition) is 1. The van der Waals surface area contributed by atoms with E-state index in [1.54, 1.807) is 23.0 Å². The molecule has 0 fully saturated rings. The van der Waals surface area contributed by atoms with E-state index < -0.39 is 24.3 Å². The molecule has 0 unspecified atom stereocenters. The van der Waals surface area contributed by atoms with Crippen LogP contribution < -0.4 is 5.32 Å². The highest BCUT2D eigenvalue weighted by atomic mass is 19.1. The lowest BCUT2D eigenvalue weighted by atomic mass is 10.1. The van der Waals surface area contributed by atoms with Crippen LogP contribution in [0.15, 0.2) is 79.0 Å². The van der Waals surface area contributed by atoms with E-state index in [1.165, 1.54) is 12.1 Å². The van der Waals surface area contributed by atoms with Crippen LogP contribution in [0.25, 0.3) is 16.9 Å². The number of esters is 1. The second-order valence-corrected chi connectivity index (χ2v) is 7.77. The number of nitrogens with one attached hydrogen (secondary N) is 1. The van der Waals surface area contributed by atoms with Gasteiger partial charge in [-0.2, -0.15) is 5.10 Å². The Bertz CT molecular complexity index is 1310. The van der Waals surface area contributed by atoms with Crippen molar-refractivity contribution >= 4 is 17.6 Å². The van der Waals surface area contributed by atoms with Crippen LogP contribution in [-0.2, 0) is 16.0 Å². The highest BCUT2D eigenvalue weighted by Gasteiger charge is 2.21. The van der Waals surface area contributed by atoms with Crippen molar-refractivity contribution in [2.45, 2.75) is 20.3 Å². The van der Waals surface area contributed by atoms with Gasteiger partial charge in [0.2, 0.25) is 0 Å². The molecule has 0 aliphatic rings. The fourth-order valence-corrected chi connectivity index (χ4v) is 3.64. The van der Waals surface area contributed by atoms with Gasteiger partial charge >= 0.3 is 5.97 Å². The van der Waals surface area contributed by atoms with Gasteiger partial charge in [-0.05, 0) is 60.9 Å². The summed E-state index contributed by atoms with van der Waals surface area (Å²) in [5.74, 6) is -1.53. The number of carbonyl (C=O) groups excluding carboxylic acids is 2. The third-order valence-electron chi connectivity index (χ3n) is 5.41. The third kappa shape index (κ3) is 5.04. The Morgan fingerprint density at radius 2 is 1.74 bits per heavy atom. The van der Waals surface area contributed by atoms with Crippen LogP contribution in [0.3, 0.4) is 0 Å². The molecule has 0 aliphatic heterocycles. The lowest BCUT2D eigenvalue weighted by Crippen LogP contribution is -2.22. The second kappa shape index (κ2) is 10.1. The highest BCUT2D eigenvalue weighted by molar-refractivity contribution is 5.99. The standard InChI is InChI=1S/C27H24FN3O3/c1-3-19-9-7-8-18(2)25(19)29-24(32)17-34-27(33)23-16-31(22-10-5-4-6-11-22)30-26(23)20-12-14-21(28)15-13-20/h4-16H,3,17H2,1-2H3,(H,29,32). The molecule has 6 nitrogen and oxygen atoms in total. The van der Waals surface area contributed by atoms with E-state index in [1.807, 2.05) is 62.4 Å². The lowest BCUT2D eigenvalue weighted by molar-refractivity contribution is -0.119. The number of rotatable bonds is 7. The van der Waals surface area contributed by atoms with E-state index in [0.717, 1.165) is 28.9 Å². The molecule has 4 rings (SSSR count). The minimum absolute atomic E-state index is 0.174. The zero-order chi connectivity index (χ0) is 24.1. The Balaban J connectivity index is 1.56. The van der Waals surface area contributed by atoms with Gasteiger partial charge in [0.1, 0.15) is 17.1 Å². The van der Waals surface area contributed by atoms with Crippen LogP contribution in [0.2, 0.25) is 0 Å². The van der Waals surface area contributed by atoms with Crippen LogP contribution in [0.4, 0.5) is 10.1 Å². The molecule has 4 aromatic rings. The van der Waals surface area contributed by atoms with Crippen molar-refractivity contribution in [3.8, 4) is 16.9 Å². The average Bonchev–Trinajstić information content (AvgIpc) is 3.30. The monoisotopic (exact) mass is 457 g/mol. The molecule has 0 saturated heterocycles. The number of hydrogen-bond acceptors (Lipinski definition) is 4. The van der Waals surface area contributed by atoms with Crippen LogP contribution >= 0.6 is 0 Å². The summed E-state index contributed by atoms with van der Waals surface area (Å²) in [5.41, 5.74) is 4.48. The van der Waals surface area contributed by atoms with E-state index in [9.17, 15) is 14.0 Å². The molecule has 3 aromatic carbocycles. The summed E-state index contributed by atoms with van der Waals surface area (Å²) in [5, 5.41) is 7.36. The van der Waals surface area contributed by atoms with Gasteiger partial charge in [-0.3, -0.25) is 4.79 Å². The maximum atomic E-state index is 13.4. The van der Waals surface area contributed by atoms with Gasteiger partial charge in [0.15, 0.2) is 6.61 Å². The minimum Gasteiger partial charge on any atom is -0.452 e. The van der Waals surface area contributed by atoms with Gasteiger partial charge in [-0.25, -0.2) is 13.9 Å². The van der Waals surface area contributed by atoms with Gasteiger partial charge in [-0.15, -0.1) is 0 Å². The molecule has 1 aromatic heterocycles. The number of ether oxygens (including phenoxy) is 1. The molecule has 1 amide bonds. The maximum absolute atomic E-state index is 13.4. The zero-order valence-electron chi connectivity index (χ0n) is 18.9. The fraction of sp³-hybridized carbons (Fsp3) is 0.148. The first kappa shape index (κ1) is 22.9. The van der Waals surface area contributed by atoms with Gasteiger partial charge in [-0.1, -0.05) is 43.3 Å². The van der Waals surface area contributed by atoms with E-state index >= 15 is 0 Å². The summed E-state index contributed by atoms with van der Waals surface area (Å²) < 4.78 is 20.3. The van der Waals surface area contributed by atoms with Crippen molar-refractivity contribution in [2.24, 2.45) is 0 Å². The predicted molar refractivity (Wildman–Crippen MR) is 128 cm³/mol. The number of halogens is 1. The molecule has 34 heavy (non-hydrogen) atoms. The van der Waals surface area contributed by atoms with Gasteiger partial charge in [0.05, 0.1) is 5.69 Å². The zero-order valence-corrected chi connectivity index (χ0v) is 18.9. The fourth-order valence-electron chi connectivity index (χ4n) is 3.64. The van der Waals surface area contributed by atoms with E-state index in [2.05, 4.69) is 10.4 Å². The van der Waals surface area contributed by atoms with Crippen LogP contribution in [-0.4, -0.2) is 28.3 Å². The van der Waals surface area contributed by atoms with Crippen LogP contribution in [0, 0.1) is 12.7 Å². The molecule has 0 spiro atoms. The van der Waals surface area contributed by atoms with E-state index in [4.69, 9.17) is 4.74 Å². The third-order valence-corrected chi connectivity index (χ3v) is 5.41. The summed E-state index contributed by atoms with van der Waals surface area (Å²) in [6.07, 6.45) is 2.31. The van der Waals surface area contributed by atoms with Crippen molar-refractivity contribution < 1.29 is 18.7 Å². The molecule has 0 bridgehead atoms. The summed E-state index contributed by atoms with van der Waals surface area (Å²) in [4.78, 5) is 25.5. The summed E-state index contributed by atoms with van der Waals surface area (Å²) in [7, 11) is 0. The minimum atomic E-state index is -0.697. The average molecular weight is 458 g/mol. The largest absolute Gasteiger partial charge is 0.452 e. The summed E-state index contributed by atoms with van der Waals surface area (Å²) in [6, 6.07) is 20.7. The summed E-state index contributed by atoms with van der Waals surface area (Å²) >= 11 is 0. The first-order chi connectivity index (χ1) is 16.5. The van der Waals surface area contributed by atoms with Gasteiger partial charge in [0, 0.05) is 17.4 Å². The number of amides is 1. The first-order valence-electron chi connectivity index (χ1n) is 10.9. The molecule has 172 valence electrons. The van der Waals surface area contributed by atoms with Crippen molar-refractivity contribution in [1.82, 2.24) is 9.78 Å². The molecule has 0 atom stereocenters.